The van der Waals surface area contributed by atoms with Crippen molar-refractivity contribution >= 4 is 29.0 Å². The van der Waals surface area contributed by atoms with Crippen LogP contribution in [0, 0.1) is 13.8 Å². The van der Waals surface area contributed by atoms with Crippen LogP contribution in [-0.4, -0.2) is 35.4 Å². The van der Waals surface area contributed by atoms with Crippen molar-refractivity contribution in [2.75, 3.05) is 29.9 Å². The lowest BCUT2D eigenvalue weighted by molar-refractivity contribution is 0.251. The second-order valence-corrected chi connectivity index (χ2v) is 7.53. The van der Waals surface area contributed by atoms with Crippen LogP contribution in [0.1, 0.15) is 37.1 Å². The van der Waals surface area contributed by atoms with Crippen molar-refractivity contribution in [1.29, 1.82) is 0 Å². The Bertz CT molecular complexity index is 783. The van der Waals surface area contributed by atoms with Crippen molar-refractivity contribution in [3.63, 3.8) is 0 Å². The van der Waals surface area contributed by atoms with Crippen LogP contribution in [0.3, 0.4) is 0 Å². The van der Waals surface area contributed by atoms with Crippen LogP contribution in [0.2, 0.25) is 5.02 Å². The van der Waals surface area contributed by atoms with Crippen molar-refractivity contribution in [2.45, 2.75) is 46.1 Å². The van der Waals surface area contributed by atoms with Gasteiger partial charge in [0.1, 0.15) is 0 Å². The summed E-state index contributed by atoms with van der Waals surface area (Å²) in [5, 5.41) is 10.9. The first-order chi connectivity index (χ1) is 13.0. The number of anilines is 2. The van der Waals surface area contributed by atoms with E-state index in [0.717, 1.165) is 48.8 Å². The third-order valence-corrected chi connectivity index (χ3v) is 5.07. The fourth-order valence-corrected chi connectivity index (χ4v) is 3.69. The molecule has 146 valence electrons. The number of carbonyl (C=O) groups excluding carboxylic acids is 1. The van der Waals surface area contributed by atoms with E-state index in [9.17, 15) is 4.79 Å². The number of amides is 2. The average molecular weight is 390 g/mol. The maximum Gasteiger partial charge on any atom is 0.319 e. The Morgan fingerprint density at radius 3 is 2.67 bits per heavy atom. The molecule has 1 aliphatic heterocycles. The third kappa shape index (κ3) is 5.39. The zero-order valence-electron chi connectivity index (χ0n) is 16.1. The molecule has 6 nitrogen and oxygen atoms in total. The smallest absolute Gasteiger partial charge is 0.319 e. The maximum atomic E-state index is 12.3. The zero-order chi connectivity index (χ0) is 19.2. The van der Waals surface area contributed by atoms with E-state index in [1.807, 2.05) is 36.7 Å². The molecule has 7 heteroatoms. The molecule has 1 aromatic heterocycles. The largest absolute Gasteiger partial charge is 0.370 e. The number of nitrogens with one attached hydrogen (secondary N) is 2. The van der Waals surface area contributed by atoms with Crippen molar-refractivity contribution in [2.24, 2.45) is 0 Å². The summed E-state index contributed by atoms with van der Waals surface area (Å²) >= 11 is 6.15. The van der Waals surface area contributed by atoms with Gasteiger partial charge in [-0.05, 0) is 63.8 Å². The van der Waals surface area contributed by atoms with Gasteiger partial charge in [-0.15, -0.1) is 0 Å². The Kier molecular flexibility index (Phi) is 6.61. The third-order valence-electron chi connectivity index (χ3n) is 4.84. The molecule has 2 heterocycles. The summed E-state index contributed by atoms with van der Waals surface area (Å²) in [5.41, 5.74) is 3.96. The lowest BCUT2D eigenvalue weighted by atomic mass is 10.1. The normalized spacial score (nSPS) is 14.3. The number of hydrogen-bond acceptors (Lipinski definition) is 3. The average Bonchev–Trinajstić information content (AvgIpc) is 2.97. The van der Waals surface area contributed by atoms with Crippen LogP contribution >= 0.6 is 11.6 Å². The Balaban J connectivity index is 1.52. The van der Waals surface area contributed by atoms with Crippen molar-refractivity contribution in [3.05, 3.63) is 40.7 Å². The number of piperidine rings is 1. The van der Waals surface area contributed by atoms with Crippen molar-refractivity contribution < 1.29 is 4.79 Å². The molecule has 1 fully saturated rings. The molecule has 27 heavy (non-hydrogen) atoms. The molecule has 3 rings (SSSR count). The fourth-order valence-electron chi connectivity index (χ4n) is 3.52. The number of aryl methyl sites for hydroxylation is 3. The first-order valence-corrected chi connectivity index (χ1v) is 10.0. The molecule has 0 radical (unpaired) electrons. The highest BCUT2D eigenvalue weighted by atomic mass is 35.5. The summed E-state index contributed by atoms with van der Waals surface area (Å²) in [7, 11) is 0. The summed E-state index contributed by atoms with van der Waals surface area (Å²) in [6.45, 7) is 7.43. The number of urea groups is 1. The van der Waals surface area contributed by atoms with Gasteiger partial charge in [0.25, 0.3) is 0 Å². The van der Waals surface area contributed by atoms with E-state index < -0.39 is 0 Å². The maximum absolute atomic E-state index is 12.3. The molecule has 0 atom stereocenters. The predicted octanol–water partition coefficient (Wildman–Crippen LogP) is 4.36. The Morgan fingerprint density at radius 2 is 1.96 bits per heavy atom. The molecule has 0 unspecified atom stereocenters. The zero-order valence-corrected chi connectivity index (χ0v) is 16.9. The lowest BCUT2D eigenvalue weighted by Crippen LogP contribution is -2.33. The van der Waals surface area contributed by atoms with Gasteiger partial charge in [-0.3, -0.25) is 4.68 Å². The first kappa shape index (κ1) is 19.5. The molecule has 0 saturated carbocycles. The van der Waals surface area contributed by atoms with E-state index in [1.165, 1.54) is 19.3 Å². The van der Waals surface area contributed by atoms with Crippen molar-refractivity contribution in [3.8, 4) is 0 Å². The number of hydrogen-bond donors (Lipinski definition) is 2. The van der Waals surface area contributed by atoms with Crippen LogP contribution in [0.5, 0.6) is 0 Å². The molecule has 1 saturated heterocycles. The van der Waals surface area contributed by atoms with E-state index in [1.54, 1.807) is 0 Å². The van der Waals surface area contributed by atoms with Gasteiger partial charge < -0.3 is 15.5 Å². The Labute approximate surface area is 165 Å². The van der Waals surface area contributed by atoms with E-state index in [2.05, 4.69) is 26.7 Å². The Morgan fingerprint density at radius 1 is 1.19 bits per heavy atom. The van der Waals surface area contributed by atoms with Crippen LogP contribution in [0.15, 0.2) is 24.3 Å². The molecule has 2 N–H and O–H groups in total. The van der Waals surface area contributed by atoms with Crippen LogP contribution in [0.4, 0.5) is 16.2 Å². The fraction of sp³-hybridized carbons (Fsp3) is 0.500. The molecule has 0 spiro atoms. The van der Waals surface area contributed by atoms with Crippen LogP contribution in [0.25, 0.3) is 0 Å². The second kappa shape index (κ2) is 9.13. The molecule has 0 bridgehead atoms. The van der Waals surface area contributed by atoms with E-state index in [4.69, 9.17) is 11.6 Å². The van der Waals surface area contributed by atoms with Gasteiger partial charge in [0.2, 0.25) is 0 Å². The second-order valence-electron chi connectivity index (χ2n) is 7.09. The highest BCUT2D eigenvalue weighted by Gasteiger charge is 2.16. The van der Waals surface area contributed by atoms with Gasteiger partial charge in [-0.2, -0.15) is 5.10 Å². The minimum absolute atomic E-state index is 0.205. The highest BCUT2D eigenvalue weighted by molar-refractivity contribution is 6.31. The molecule has 1 aliphatic rings. The SMILES string of the molecule is Cc1cc(C)n(CCCNC(=O)Nc2cc(Cl)ccc2N2CCCCC2)n1. The number of rotatable bonds is 6. The van der Waals surface area contributed by atoms with Crippen molar-refractivity contribution in [1.82, 2.24) is 15.1 Å². The molecule has 1 aromatic carbocycles. The van der Waals surface area contributed by atoms with Gasteiger partial charge in [0.05, 0.1) is 17.1 Å². The number of aromatic nitrogens is 2. The van der Waals surface area contributed by atoms with Gasteiger partial charge >= 0.3 is 6.03 Å². The van der Waals surface area contributed by atoms with Gasteiger partial charge in [0.15, 0.2) is 0 Å². The molecule has 0 aliphatic carbocycles. The highest BCUT2D eigenvalue weighted by Crippen LogP contribution is 2.31. The number of nitrogens with zero attached hydrogens (tertiary/aromatic N) is 3. The van der Waals surface area contributed by atoms with E-state index >= 15 is 0 Å². The summed E-state index contributed by atoms with van der Waals surface area (Å²) in [4.78, 5) is 14.7. The Hall–Kier alpha value is -2.21. The minimum atomic E-state index is -0.205. The van der Waals surface area contributed by atoms with Gasteiger partial charge in [0, 0.05) is 36.9 Å². The van der Waals surface area contributed by atoms with E-state index in [0.29, 0.717) is 11.6 Å². The number of halogens is 1. The summed E-state index contributed by atoms with van der Waals surface area (Å²) in [5.74, 6) is 0. The minimum Gasteiger partial charge on any atom is -0.370 e. The monoisotopic (exact) mass is 389 g/mol. The summed E-state index contributed by atoms with van der Waals surface area (Å²) in [6, 6.07) is 7.54. The lowest BCUT2D eigenvalue weighted by Gasteiger charge is -2.30. The number of benzene rings is 1. The van der Waals surface area contributed by atoms with Gasteiger partial charge in [-0.25, -0.2) is 4.79 Å². The topological polar surface area (TPSA) is 62.2 Å². The molecular formula is C20H28ClN5O. The van der Waals surface area contributed by atoms with Crippen LogP contribution < -0.4 is 15.5 Å². The predicted molar refractivity (Wildman–Crippen MR) is 111 cm³/mol. The standard InChI is InChI=1S/C20H28ClN5O/c1-15-13-16(2)26(24-15)12-6-9-22-20(27)23-18-14-17(21)7-8-19(18)25-10-4-3-5-11-25/h7-8,13-14H,3-6,9-12H2,1-2H3,(H2,22,23,27). The molecule has 2 aromatic rings. The first-order valence-electron chi connectivity index (χ1n) is 9.63. The van der Waals surface area contributed by atoms with Gasteiger partial charge in [-0.1, -0.05) is 11.6 Å². The molecule has 2 amide bonds. The summed E-state index contributed by atoms with van der Waals surface area (Å²) in [6.07, 6.45) is 4.45. The summed E-state index contributed by atoms with van der Waals surface area (Å²) < 4.78 is 1.97. The quantitative estimate of drug-likeness (QED) is 0.721. The number of carbonyl (C=O) groups is 1. The van der Waals surface area contributed by atoms with Crippen LogP contribution in [-0.2, 0) is 6.54 Å². The van der Waals surface area contributed by atoms with E-state index in [-0.39, 0.29) is 6.03 Å². The molecular weight excluding hydrogens is 362 g/mol.